The number of halogens is 4. The van der Waals surface area contributed by atoms with E-state index < -0.39 is 17.6 Å². The maximum Gasteiger partial charge on any atom is 0.416 e. The van der Waals surface area contributed by atoms with E-state index in [9.17, 15) is 18.0 Å². The van der Waals surface area contributed by atoms with Crippen molar-refractivity contribution in [2.45, 2.75) is 19.6 Å². The molecule has 3 aromatic heterocycles. The van der Waals surface area contributed by atoms with Crippen LogP contribution in [0.1, 0.15) is 27.2 Å². The number of nitrogens with one attached hydrogen (secondary N) is 1. The average Bonchev–Trinajstić information content (AvgIpc) is 3.26. The van der Waals surface area contributed by atoms with E-state index in [0.29, 0.717) is 27.8 Å². The summed E-state index contributed by atoms with van der Waals surface area (Å²) in [4.78, 5) is 16.6. The highest BCUT2D eigenvalue weighted by molar-refractivity contribution is 6.36. The molecule has 0 bridgehead atoms. The van der Waals surface area contributed by atoms with Crippen LogP contribution in [0.4, 0.5) is 19.0 Å². The van der Waals surface area contributed by atoms with Crippen LogP contribution in [0.3, 0.4) is 0 Å². The number of hydrogen-bond acceptors (Lipinski definition) is 4. The van der Waals surface area contributed by atoms with Gasteiger partial charge in [0, 0.05) is 6.20 Å². The Kier molecular flexibility index (Phi) is 4.98. The van der Waals surface area contributed by atoms with Gasteiger partial charge in [-0.05, 0) is 30.7 Å². The normalized spacial score (nSPS) is 11.8. The van der Waals surface area contributed by atoms with Gasteiger partial charge in [0.25, 0.3) is 5.91 Å². The van der Waals surface area contributed by atoms with Crippen LogP contribution in [-0.4, -0.2) is 20.7 Å². The fourth-order valence-corrected chi connectivity index (χ4v) is 3.30. The third kappa shape index (κ3) is 3.76. The zero-order valence-electron chi connectivity index (χ0n) is 15.5. The molecule has 4 aromatic rings. The smallest absolute Gasteiger partial charge is 0.416 e. The van der Waals surface area contributed by atoms with E-state index in [1.165, 1.54) is 41.5 Å². The van der Waals surface area contributed by atoms with Gasteiger partial charge in [-0.25, -0.2) is 0 Å². The fourth-order valence-electron chi connectivity index (χ4n) is 3.05. The number of aromatic nitrogens is 3. The minimum Gasteiger partial charge on any atom is -0.469 e. The fraction of sp³-hybridized carbons (Fsp3) is 0.150. The molecule has 0 saturated carbocycles. The van der Waals surface area contributed by atoms with Crippen LogP contribution in [0.15, 0.2) is 53.4 Å². The zero-order chi connectivity index (χ0) is 21.5. The van der Waals surface area contributed by atoms with E-state index in [4.69, 9.17) is 16.0 Å². The molecule has 0 saturated heterocycles. The van der Waals surface area contributed by atoms with Crippen LogP contribution in [0.2, 0.25) is 5.02 Å². The van der Waals surface area contributed by atoms with Crippen LogP contribution in [0.5, 0.6) is 0 Å². The summed E-state index contributed by atoms with van der Waals surface area (Å²) in [5, 5.41) is 7.88. The Labute approximate surface area is 173 Å². The molecule has 0 radical (unpaired) electrons. The summed E-state index contributed by atoms with van der Waals surface area (Å²) >= 11 is 6.28. The van der Waals surface area contributed by atoms with Gasteiger partial charge in [0.2, 0.25) is 0 Å². The number of anilines is 1. The van der Waals surface area contributed by atoms with E-state index in [2.05, 4.69) is 15.4 Å². The van der Waals surface area contributed by atoms with Crippen molar-refractivity contribution in [3.63, 3.8) is 0 Å². The zero-order valence-corrected chi connectivity index (χ0v) is 16.3. The van der Waals surface area contributed by atoms with E-state index >= 15 is 0 Å². The minimum absolute atomic E-state index is 0.164. The van der Waals surface area contributed by atoms with Gasteiger partial charge >= 0.3 is 6.18 Å². The first-order chi connectivity index (χ1) is 14.2. The second-order valence-corrected chi connectivity index (χ2v) is 6.97. The molecular formula is C20H14ClF3N4O2. The number of pyridine rings is 1. The summed E-state index contributed by atoms with van der Waals surface area (Å²) in [7, 11) is 0. The number of benzene rings is 1. The molecule has 10 heteroatoms. The van der Waals surface area contributed by atoms with Crippen LogP contribution in [0.25, 0.3) is 10.9 Å². The molecule has 0 unspecified atom stereocenters. The van der Waals surface area contributed by atoms with Gasteiger partial charge in [-0.3, -0.25) is 14.5 Å². The van der Waals surface area contributed by atoms with Gasteiger partial charge in [0.05, 0.1) is 46.1 Å². The van der Waals surface area contributed by atoms with Gasteiger partial charge in [0.1, 0.15) is 5.76 Å². The maximum absolute atomic E-state index is 12.8. The van der Waals surface area contributed by atoms with E-state index in [-0.39, 0.29) is 17.4 Å². The summed E-state index contributed by atoms with van der Waals surface area (Å²) < 4.78 is 45.0. The lowest BCUT2D eigenvalue weighted by molar-refractivity contribution is -0.137. The number of nitrogens with zero attached hydrogens (tertiary/aromatic N) is 3. The quantitative estimate of drug-likeness (QED) is 0.472. The van der Waals surface area contributed by atoms with Crippen LogP contribution in [0, 0.1) is 6.92 Å². The SMILES string of the molecule is Cc1occc1C(=O)Nc1nn(Cc2ccc(C(F)(F)F)cc2)c2cncc(Cl)c12. The van der Waals surface area contributed by atoms with Gasteiger partial charge in [-0.2, -0.15) is 18.3 Å². The first-order valence-corrected chi connectivity index (χ1v) is 9.13. The molecular weight excluding hydrogens is 421 g/mol. The summed E-state index contributed by atoms with van der Waals surface area (Å²) in [5.41, 5.74) is 0.743. The second-order valence-electron chi connectivity index (χ2n) is 6.56. The summed E-state index contributed by atoms with van der Waals surface area (Å²) in [5.74, 6) is 0.249. The van der Waals surface area contributed by atoms with Gasteiger partial charge in [-0.15, -0.1) is 0 Å². The Morgan fingerprint density at radius 1 is 1.20 bits per heavy atom. The molecule has 0 aliphatic rings. The standard InChI is InChI=1S/C20H14ClF3N4O2/c1-11-14(6-7-30-11)19(29)26-18-17-15(21)8-25-9-16(17)28(27-18)10-12-2-4-13(5-3-12)20(22,23)24/h2-9H,10H2,1H3,(H,26,27,29). The lowest BCUT2D eigenvalue weighted by atomic mass is 10.1. The number of carbonyl (C=O) groups excluding carboxylic acids is 1. The lowest BCUT2D eigenvalue weighted by Crippen LogP contribution is -2.13. The predicted octanol–water partition coefficient (Wildman–Crippen LogP) is 5.31. The number of alkyl halides is 3. The van der Waals surface area contributed by atoms with Crippen molar-refractivity contribution in [1.82, 2.24) is 14.8 Å². The predicted molar refractivity (Wildman–Crippen MR) is 104 cm³/mol. The Bertz CT molecular complexity index is 1230. The Morgan fingerprint density at radius 3 is 2.57 bits per heavy atom. The summed E-state index contributed by atoms with van der Waals surface area (Å²) in [6, 6.07) is 6.31. The molecule has 154 valence electrons. The van der Waals surface area contributed by atoms with Crippen LogP contribution in [-0.2, 0) is 12.7 Å². The van der Waals surface area contributed by atoms with Gasteiger partial charge < -0.3 is 9.73 Å². The molecule has 0 aliphatic carbocycles. The first kappa shape index (κ1) is 20.0. The summed E-state index contributed by atoms with van der Waals surface area (Å²) in [6.07, 6.45) is -0.0522. The number of amides is 1. The van der Waals surface area contributed by atoms with E-state index in [1.54, 1.807) is 6.92 Å². The highest BCUT2D eigenvalue weighted by Crippen LogP contribution is 2.31. The van der Waals surface area contributed by atoms with Gasteiger partial charge in [0.15, 0.2) is 5.82 Å². The molecule has 0 atom stereocenters. The lowest BCUT2D eigenvalue weighted by Gasteiger charge is -2.08. The largest absolute Gasteiger partial charge is 0.469 e. The Morgan fingerprint density at radius 2 is 1.93 bits per heavy atom. The van der Waals surface area contributed by atoms with Crippen molar-refractivity contribution < 1.29 is 22.4 Å². The molecule has 1 amide bonds. The number of fused-ring (bicyclic) bond motifs is 1. The number of hydrogen-bond donors (Lipinski definition) is 1. The van der Waals surface area contributed by atoms with Crippen molar-refractivity contribution in [2.75, 3.05) is 5.32 Å². The maximum atomic E-state index is 12.8. The van der Waals surface area contributed by atoms with Gasteiger partial charge in [-0.1, -0.05) is 23.7 Å². The van der Waals surface area contributed by atoms with Crippen molar-refractivity contribution in [3.05, 3.63) is 76.5 Å². The number of carbonyl (C=O) groups is 1. The number of furan rings is 1. The molecule has 6 nitrogen and oxygen atoms in total. The topological polar surface area (TPSA) is 73.0 Å². The molecule has 30 heavy (non-hydrogen) atoms. The average molecular weight is 435 g/mol. The second kappa shape index (κ2) is 7.49. The number of aryl methyl sites for hydroxylation is 1. The Hall–Kier alpha value is -3.33. The number of rotatable bonds is 4. The van der Waals surface area contributed by atoms with Crippen LogP contribution >= 0.6 is 11.6 Å². The summed E-state index contributed by atoms with van der Waals surface area (Å²) in [6.45, 7) is 1.82. The molecule has 0 aliphatic heterocycles. The third-order valence-corrected chi connectivity index (χ3v) is 4.85. The highest BCUT2D eigenvalue weighted by Gasteiger charge is 2.30. The van der Waals surface area contributed by atoms with Crippen molar-refractivity contribution in [2.24, 2.45) is 0 Å². The third-order valence-electron chi connectivity index (χ3n) is 4.56. The monoisotopic (exact) mass is 434 g/mol. The molecule has 0 spiro atoms. The van der Waals surface area contributed by atoms with Crippen molar-refractivity contribution in [3.8, 4) is 0 Å². The van der Waals surface area contributed by atoms with E-state index in [1.807, 2.05) is 0 Å². The highest BCUT2D eigenvalue weighted by atomic mass is 35.5. The Balaban J connectivity index is 1.68. The molecule has 3 heterocycles. The molecule has 1 N–H and O–H groups in total. The molecule has 1 aromatic carbocycles. The van der Waals surface area contributed by atoms with Crippen molar-refractivity contribution >= 4 is 34.2 Å². The minimum atomic E-state index is -4.41. The van der Waals surface area contributed by atoms with Crippen LogP contribution < -0.4 is 5.32 Å². The molecule has 4 rings (SSSR count). The first-order valence-electron chi connectivity index (χ1n) is 8.75. The molecule has 0 fully saturated rings. The van der Waals surface area contributed by atoms with Crippen molar-refractivity contribution in [1.29, 1.82) is 0 Å². The van der Waals surface area contributed by atoms with E-state index in [0.717, 1.165) is 12.1 Å².